The van der Waals surface area contributed by atoms with Crippen LogP contribution >= 0.6 is 0 Å². The van der Waals surface area contributed by atoms with Gasteiger partial charge >= 0.3 is 0 Å². The molecule has 114 valence electrons. The molecule has 0 radical (unpaired) electrons. The second-order valence-corrected chi connectivity index (χ2v) is 5.74. The van der Waals surface area contributed by atoms with Crippen LogP contribution in [0.4, 0.5) is 5.69 Å². The third kappa shape index (κ3) is 4.36. The van der Waals surface area contributed by atoms with Crippen LogP contribution in [-0.4, -0.2) is 35.2 Å². The zero-order valence-electron chi connectivity index (χ0n) is 12.5. The monoisotopic (exact) mass is 290 g/mol. The Labute approximate surface area is 125 Å². The average molecular weight is 290 g/mol. The molecule has 1 fully saturated rings. The van der Waals surface area contributed by atoms with E-state index in [4.69, 9.17) is 0 Å². The fraction of sp³-hybridized carbons (Fsp3) is 0.562. The molecule has 0 amide bonds. The predicted octanol–water partition coefficient (Wildman–Crippen LogP) is 3.29. The van der Waals surface area contributed by atoms with Gasteiger partial charge in [-0.3, -0.25) is 19.8 Å². The minimum absolute atomic E-state index is 0.0203. The third-order valence-electron chi connectivity index (χ3n) is 4.17. The van der Waals surface area contributed by atoms with Gasteiger partial charge in [0, 0.05) is 17.7 Å². The summed E-state index contributed by atoms with van der Waals surface area (Å²) in [6, 6.07) is 5.87. The lowest BCUT2D eigenvalue weighted by molar-refractivity contribution is -0.384. The van der Waals surface area contributed by atoms with Crippen molar-refractivity contribution in [1.29, 1.82) is 0 Å². The zero-order valence-corrected chi connectivity index (χ0v) is 12.5. The normalized spacial score (nSPS) is 16.8. The number of benzene rings is 1. The lowest BCUT2D eigenvalue weighted by Gasteiger charge is -2.31. The summed E-state index contributed by atoms with van der Waals surface area (Å²) < 4.78 is 0. The maximum absolute atomic E-state index is 12.2. The quantitative estimate of drug-likeness (QED) is 0.458. The lowest BCUT2D eigenvalue weighted by atomic mass is 9.92. The van der Waals surface area contributed by atoms with Crippen LogP contribution in [0, 0.1) is 16.0 Å². The second-order valence-electron chi connectivity index (χ2n) is 5.74. The van der Waals surface area contributed by atoms with Crippen molar-refractivity contribution in [3.05, 3.63) is 39.9 Å². The summed E-state index contributed by atoms with van der Waals surface area (Å²) in [4.78, 5) is 24.5. The molecular weight excluding hydrogens is 268 g/mol. The van der Waals surface area contributed by atoms with Crippen LogP contribution in [0.5, 0.6) is 0 Å². The molecule has 1 aromatic rings. The first-order chi connectivity index (χ1) is 10.1. The summed E-state index contributed by atoms with van der Waals surface area (Å²) in [7, 11) is 0. The average Bonchev–Trinajstić information content (AvgIpc) is 2.49. The predicted molar refractivity (Wildman–Crippen MR) is 81.5 cm³/mol. The number of piperidine rings is 1. The Bertz CT molecular complexity index is 491. The van der Waals surface area contributed by atoms with Crippen LogP contribution in [0.15, 0.2) is 24.3 Å². The molecule has 0 aromatic heterocycles. The highest BCUT2D eigenvalue weighted by atomic mass is 16.6. The largest absolute Gasteiger partial charge is 0.296 e. The number of rotatable bonds is 6. The van der Waals surface area contributed by atoms with E-state index in [-0.39, 0.29) is 11.5 Å². The highest BCUT2D eigenvalue weighted by molar-refractivity contribution is 5.97. The molecule has 0 N–H and O–H groups in total. The van der Waals surface area contributed by atoms with Gasteiger partial charge in [-0.25, -0.2) is 0 Å². The van der Waals surface area contributed by atoms with Crippen molar-refractivity contribution in [3.8, 4) is 0 Å². The van der Waals surface area contributed by atoms with Crippen molar-refractivity contribution in [1.82, 2.24) is 4.90 Å². The molecule has 0 spiro atoms. The Morgan fingerprint density at radius 2 is 1.90 bits per heavy atom. The number of nitro groups is 1. The molecular formula is C16H22N2O3. The van der Waals surface area contributed by atoms with E-state index in [0.717, 1.165) is 19.0 Å². The van der Waals surface area contributed by atoms with E-state index >= 15 is 0 Å². The molecule has 5 heteroatoms. The first kappa shape index (κ1) is 15.6. The molecule has 0 atom stereocenters. The van der Waals surface area contributed by atoms with Gasteiger partial charge in [0.1, 0.15) is 0 Å². The van der Waals surface area contributed by atoms with Crippen LogP contribution in [0.2, 0.25) is 0 Å². The number of ketones is 1. The smallest absolute Gasteiger partial charge is 0.269 e. The number of nitrogens with zero attached hydrogens (tertiary/aromatic N) is 2. The maximum atomic E-state index is 12.2. The van der Waals surface area contributed by atoms with Crippen LogP contribution in [0.3, 0.4) is 0 Å². The van der Waals surface area contributed by atoms with Gasteiger partial charge in [-0.15, -0.1) is 0 Å². The minimum atomic E-state index is -0.452. The van der Waals surface area contributed by atoms with Crippen LogP contribution in [0.25, 0.3) is 0 Å². The Hall–Kier alpha value is -1.75. The number of non-ortho nitro benzene ring substituents is 1. The van der Waals surface area contributed by atoms with Gasteiger partial charge in [-0.1, -0.05) is 19.8 Å². The van der Waals surface area contributed by atoms with Crippen LogP contribution < -0.4 is 0 Å². The second kappa shape index (κ2) is 7.31. The molecule has 0 unspecified atom stereocenters. The maximum Gasteiger partial charge on any atom is 0.269 e. The summed E-state index contributed by atoms with van der Waals surface area (Å²) >= 11 is 0. The number of hydrogen-bond acceptors (Lipinski definition) is 4. The fourth-order valence-electron chi connectivity index (χ4n) is 2.90. The van der Waals surface area contributed by atoms with Gasteiger partial charge in [0.25, 0.3) is 5.69 Å². The molecule has 1 aliphatic rings. The summed E-state index contributed by atoms with van der Waals surface area (Å²) in [5.74, 6) is 0.847. The number of nitro benzene ring substituents is 1. The fourth-order valence-corrected chi connectivity index (χ4v) is 2.90. The highest BCUT2D eigenvalue weighted by Gasteiger charge is 2.20. The summed E-state index contributed by atoms with van der Waals surface area (Å²) in [6.07, 6.45) is 4.85. The number of carbonyl (C=O) groups is 1. The molecule has 0 aliphatic carbocycles. The highest BCUT2D eigenvalue weighted by Crippen LogP contribution is 2.22. The number of carbonyl (C=O) groups excluding carboxylic acids is 1. The summed E-state index contributed by atoms with van der Waals surface area (Å²) in [6.45, 7) is 4.58. The van der Waals surface area contributed by atoms with Gasteiger partial charge in [0.15, 0.2) is 5.78 Å². The van der Waals surface area contributed by atoms with E-state index in [1.165, 1.54) is 37.8 Å². The van der Waals surface area contributed by atoms with Crippen molar-refractivity contribution in [3.63, 3.8) is 0 Å². The third-order valence-corrected chi connectivity index (χ3v) is 4.17. The molecule has 1 aliphatic heterocycles. The summed E-state index contributed by atoms with van der Waals surface area (Å²) in [5.41, 5.74) is 0.572. The Balaban J connectivity index is 1.86. The molecule has 1 aromatic carbocycles. The van der Waals surface area contributed by atoms with E-state index in [1.54, 1.807) is 12.1 Å². The summed E-state index contributed by atoms with van der Waals surface area (Å²) in [5, 5.41) is 10.6. The molecule has 1 heterocycles. The van der Waals surface area contributed by atoms with E-state index < -0.39 is 4.92 Å². The SMILES string of the molecule is CCCC1CCN(CC(=O)c2ccc([N+](=O)[O-])cc2)CC1. The van der Waals surface area contributed by atoms with Crippen molar-refractivity contribution in [2.45, 2.75) is 32.6 Å². The van der Waals surface area contributed by atoms with Gasteiger partial charge in [0.2, 0.25) is 0 Å². The standard InChI is InChI=1S/C16H22N2O3/c1-2-3-13-8-10-17(11-9-13)12-16(19)14-4-6-15(7-5-14)18(20)21/h4-7,13H,2-3,8-12H2,1H3. The van der Waals surface area contributed by atoms with Gasteiger partial charge in [-0.2, -0.15) is 0 Å². The van der Waals surface area contributed by atoms with Crippen molar-refractivity contribution >= 4 is 11.5 Å². The van der Waals surface area contributed by atoms with Gasteiger partial charge in [-0.05, 0) is 44.0 Å². The molecule has 5 nitrogen and oxygen atoms in total. The Morgan fingerprint density at radius 1 is 1.29 bits per heavy atom. The Morgan fingerprint density at radius 3 is 2.43 bits per heavy atom. The van der Waals surface area contributed by atoms with Crippen molar-refractivity contribution < 1.29 is 9.72 Å². The van der Waals surface area contributed by atoms with Crippen molar-refractivity contribution in [2.75, 3.05) is 19.6 Å². The first-order valence-electron chi connectivity index (χ1n) is 7.60. The van der Waals surface area contributed by atoms with Gasteiger partial charge in [0.05, 0.1) is 11.5 Å². The van der Waals surface area contributed by atoms with Crippen LogP contribution in [-0.2, 0) is 0 Å². The van der Waals surface area contributed by atoms with Crippen LogP contribution in [0.1, 0.15) is 43.0 Å². The lowest BCUT2D eigenvalue weighted by Crippen LogP contribution is -2.37. The van der Waals surface area contributed by atoms with E-state index in [1.807, 2.05) is 0 Å². The minimum Gasteiger partial charge on any atom is -0.296 e. The van der Waals surface area contributed by atoms with E-state index in [9.17, 15) is 14.9 Å². The molecule has 0 saturated carbocycles. The van der Waals surface area contributed by atoms with E-state index in [0.29, 0.717) is 12.1 Å². The number of Topliss-reactive ketones (excluding diaryl/α,β-unsaturated/α-hetero) is 1. The number of likely N-dealkylation sites (tertiary alicyclic amines) is 1. The topological polar surface area (TPSA) is 63.5 Å². The molecule has 21 heavy (non-hydrogen) atoms. The molecule has 1 saturated heterocycles. The molecule has 2 rings (SSSR count). The zero-order chi connectivity index (χ0) is 15.2. The van der Waals surface area contributed by atoms with Crippen molar-refractivity contribution in [2.24, 2.45) is 5.92 Å². The molecule has 0 bridgehead atoms. The first-order valence-corrected chi connectivity index (χ1v) is 7.60. The number of hydrogen-bond donors (Lipinski definition) is 0. The van der Waals surface area contributed by atoms with E-state index in [2.05, 4.69) is 11.8 Å². The van der Waals surface area contributed by atoms with Gasteiger partial charge < -0.3 is 0 Å². The Kier molecular flexibility index (Phi) is 5.44.